The molecule has 7 heteroatoms. The van der Waals surface area contributed by atoms with Gasteiger partial charge in [0.05, 0.1) is 23.8 Å². The van der Waals surface area contributed by atoms with Crippen LogP contribution in [0.2, 0.25) is 0 Å². The van der Waals surface area contributed by atoms with E-state index in [1.807, 2.05) is 31.5 Å². The number of rotatable bonds is 5. The lowest BCUT2D eigenvalue weighted by molar-refractivity contribution is 0.606. The van der Waals surface area contributed by atoms with E-state index in [1.165, 1.54) is 6.33 Å². The van der Waals surface area contributed by atoms with Crippen LogP contribution in [0.25, 0.3) is 22.6 Å². The average molecular weight is 347 g/mol. The fraction of sp³-hybridized carbons (Fsp3) is 0.263. The monoisotopic (exact) mass is 347 g/mol. The largest absolute Gasteiger partial charge is 0.346 e. The summed E-state index contributed by atoms with van der Waals surface area (Å²) in [6, 6.07) is 10.1. The maximum absolute atomic E-state index is 4.82. The van der Waals surface area contributed by atoms with Gasteiger partial charge in [0.2, 0.25) is 0 Å². The lowest BCUT2D eigenvalue weighted by Gasteiger charge is -2.14. The van der Waals surface area contributed by atoms with E-state index in [2.05, 4.69) is 50.7 Å². The molecule has 0 fully saturated rings. The molecule has 4 rings (SSSR count). The first-order chi connectivity index (χ1) is 12.7. The first-order valence-electron chi connectivity index (χ1n) is 8.72. The molecule has 1 aromatic carbocycles. The van der Waals surface area contributed by atoms with Crippen LogP contribution < -0.4 is 0 Å². The molecular weight excluding hydrogens is 326 g/mol. The van der Waals surface area contributed by atoms with E-state index in [-0.39, 0.29) is 6.04 Å². The van der Waals surface area contributed by atoms with E-state index in [4.69, 9.17) is 9.97 Å². The third-order valence-electron chi connectivity index (χ3n) is 4.58. The molecule has 0 bridgehead atoms. The Balaban J connectivity index is 1.93. The van der Waals surface area contributed by atoms with Crippen molar-refractivity contribution in [2.45, 2.75) is 33.2 Å². The van der Waals surface area contributed by atoms with Gasteiger partial charge in [-0.25, -0.2) is 15.0 Å². The molecule has 0 saturated carbocycles. The molecule has 7 nitrogen and oxygen atoms in total. The van der Waals surface area contributed by atoms with Crippen LogP contribution in [0, 0.1) is 6.92 Å². The molecule has 2 N–H and O–H groups in total. The molecule has 132 valence electrons. The molecule has 1 unspecified atom stereocenters. The summed E-state index contributed by atoms with van der Waals surface area (Å²) in [4.78, 5) is 17.2. The van der Waals surface area contributed by atoms with Crippen LogP contribution >= 0.6 is 0 Å². The van der Waals surface area contributed by atoms with E-state index in [0.717, 1.165) is 46.4 Å². The van der Waals surface area contributed by atoms with Crippen LogP contribution in [0.15, 0.2) is 43.0 Å². The molecule has 3 heterocycles. The molecule has 4 aromatic rings. The number of nitrogens with zero attached hydrogens (tertiary/aromatic N) is 5. The first-order valence-corrected chi connectivity index (χ1v) is 8.72. The Morgan fingerprint density at radius 2 is 1.92 bits per heavy atom. The van der Waals surface area contributed by atoms with Crippen molar-refractivity contribution in [2.24, 2.45) is 0 Å². The van der Waals surface area contributed by atoms with Gasteiger partial charge in [-0.15, -0.1) is 0 Å². The number of imidazole rings is 2. The van der Waals surface area contributed by atoms with Crippen molar-refractivity contribution in [1.29, 1.82) is 0 Å². The highest BCUT2D eigenvalue weighted by Gasteiger charge is 2.23. The number of aromatic nitrogens is 7. The molecule has 0 radical (unpaired) electrons. The number of hydrogen-bond acceptors (Lipinski definition) is 4. The van der Waals surface area contributed by atoms with Gasteiger partial charge in [0.15, 0.2) is 0 Å². The number of aryl methyl sites for hydroxylation is 2. The zero-order chi connectivity index (χ0) is 18.1. The SMILES string of the molecule is CCc1nc(-c2c(-c3ccccc3)ncn2C(C)c2ncn[nH]2)c(C)[nH]1. The number of benzene rings is 1. The van der Waals surface area contributed by atoms with Crippen molar-refractivity contribution in [3.63, 3.8) is 0 Å². The lowest BCUT2D eigenvalue weighted by Crippen LogP contribution is -2.10. The normalized spacial score (nSPS) is 12.4. The van der Waals surface area contributed by atoms with E-state index < -0.39 is 0 Å². The number of hydrogen-bond donors (Lipinski definition) is 2. The Morgan fingerprint density at radius 3 is 2.58 bits per heavy atom. The minimum absolute atomic E-state index is 0.0429. The highest BCUT2D eigenvalue weighted by Crippen LogP contribution is 2.34. The molecule has 26 heavy (non-hydrogen) atoms. The summed E-state index contributed by atoms with van der Waals surface area (Å²) < 4.78 is 2.10. The van der Waals surface area contributed by atoms with Crippen LogP contribution in [0.5, 0.6) is 0 Å². The van der Waals surface area contributed by atoms with Crippen molar-refractivity contribution in [3.05, 3.63) is 60.3 Å². The maximum Gasteiger partial charge on any atom is 0.147 e. The van der Waals surface area contributed by atoms with Crippen LogP contribution in [-0.4, -0.2) is 34.7 Å². The summed E-state index contributed by atoms with van der Waals surface area (Å²) in [6.07, 6.45) is 4.23. The molecule has 0 spiro atoms. The summed E-state index contributed by atoms with van der Waals surface area (Å²) in [5, 5.41) is 6.94. The molecule has 0 amide bonds. The zero-order valence-corrected chi connectivity index (χ0v) is 15.1. The molecule has 1 atom stereocenters. The second-order valence-corrected chi connectivity index (χ2v) is 6.27. The van der Waals surface area contributed by atoms with E-state index >= 15 is 0 Å². The van der Waals surface area contributed by atoms with Crippen molar-refractivity contribution in [2.75, 3.05) is 0 Å². The van der Waals surface area contributed by atoms with Crippen molar-refractivity contribution in [3.8, 4) is 22.6 Å². The second kappa shape index (κ2) is 6.59. The van der Waals surface area contributed by atoms with Crippen LogP contribution in [0.4, 0.5) is 0 Å². The Morgan fingerprint density at radius 1 is 1.12 bits per heavy atom. The molecule has 0 aliphatic rings. The molecular formula is C19H21N7. The van der Waals surface area contributed by atoms with Gasteiger partial charge < -0.3 is 9.55 Å². The summed E-state index contributed by atoms with van der Waals surface area (Å²) in [5.41, 5.74) is 4.91. The van der Waals surface area contributed by atoms with E-state index in [1.54, 1.807) is 0 Å². The van der Waals surface area contributed by atoms with Gasteiger partial charge in [-0.05, 0) is 13.8 Å². The van der Waals surface area contributed by atoms with Crippen LogP contribution in [0.1, 0.15) is 37.2 Å². The Labute approximate surface area is 151 Å². The average Bonchev–Trinajstić information content (AvgIpc) is 3.41. The number of H-pyrrole nitrogens is 2. The molecule has 0 aliphatic carbocycles. The smallest absolute Gasteiger partial charge is 0.147 e. The third kappa shape index (κ3) is 2.71. The predicted molar refractivity (Wildman–Crippen MR) is 99.6 cm³/mol. The van der Waals surface area contributed by atoms with Gasteiger partial charge in [-0.1, -0.05) is 37.3 Å². The van der Waals surface area contributed by atoms with Gasteiger partial charge in [-0.2, -0.15) is 5.10 Å². The minimum atomic E-state index is -0.0429. The van der Waals surface area contributed by atoms with Gasteiger partial charge >= 0.3 is 0 Å². The fourth-order valence-electron chi connectivity index (χ4n) is 3.16. The van der Waals surface area contributed by atoms with Gasteiger partial charge in [0, 0.05) is 17.7 Å². The minimum Gasteiger partial charge on any atom is -0.346 e. The standard InChI is InChI=1S/C19H21N7/c1-4-15-23-12(2)16(24-15)18-17(14-8-6-5-7-9-14)21-11-26(18)13(3)19-20-10-22-25-19/h5-11,13H,4H2,1-3H3,(H,23,24)(H,20,22,25). The summed E-state index contributed by atoms with van der Waals surface area (Å²) >= 11 is 0. The van der Waals surface area contributed by atoms with Gasteiger partial charge in [-0.3, -0.25) is 5.10 Å². The molecule has 3 aromatic heterocycles. The topological polar surface area (TPSA) is 88.1 Å². The first kappa shape index (κ1) is 16.3. The lowest BCUT2D eigenvalue weighted by atomic mass is 10.1. The predicted octanol–water partition coefficient (Wildman–Crippen LogP) is 3.54. The fourth-order valence-corrected chi connectivity index (χ4v) is 3.16. The molecule has 0 saturated heterocycles. The van der Waals surface area contributed by atoms with Crippen molar-refractivity contribution in [1.82, 2.24) is 34.7 Å². The quantitative estimate of drug-likeness (QED) is 0.578. The third-order valence-corrected chi connectivity index (χ3v) is 4.58. The summed E-state index contributed by atoms with van der Waals surface area (Å²) in [5.74, 6) is 1.75. The highest BCUT2D eigenvalue weighted by molar-refractivity contribution is 5.78. The summed E-state index contributed by atoms with van der Waals surface area (Å²) in [7, 11) is 0. The van der Waals surface area contributed by atoms with Crippen molar-refractivity contribution < 1.29 is 0 Å². The van der Waals surface area contributed by atoms with E-state index in [9.17, 15) is 0 Å². The Hall–Kier alpha value is -3.22. The Kier molecular flexibility index (Phi) is 4.12. The highest BCUT2D eigenvalue weighted by atomic mass is 15.2. The van der Waals surface area contributed by atoms with Gasteiger partial charge in [0.1, 0.15) is 23.7 Å². The van der Waals surface area contributed by atoms with Crippen LogP contribution in [0.3, 0.4) is 0 Å². The second-order valence-electron chi connectivity index (χ2n) is 6.27. The van der Waals surface area contributed by atoms with E-state index in [0.29, 0.717) is 0 Å². The van der Waals surface area contributed by atoms with Gasteiger partial charge in [0.25, 0.3) is 0 Å². The Bertz CT molecular complexity index is 996. The molecule has 0 aliphatic heterocycles. The maximum atomic E-state index is 4.82. The number of nitrogens with one attached hydrogen (secondary N) is 2. The number of aromatic amines is 2. The van der Waals surface area contributed by atoms with Crippen LogP contribution in [-0.2, 0) is 6.42 Å². The summed E-state index contributed by atoms with van der Waals surface area (Å²) in [6.45, 7) is 6.21. The zero-order valence-electron chi connectivity index (χ0n) is 15.1. The van der Waals surface area contributed by atoms with Crippen molar-refractivity contribution >= 4 is 0 Å².